The fourth-order valence-corrected chi connectivity index (χ4v) is 3.45. The number of hydrogen-bond donors (Lipinski definition) is 2. The third-order valence-corrected chi connectivity index (χ3v) is 4.76. The summed E-state index contributed by atoms with van der Waals surface area (Å²) >= 11 is 5.16. The Morgan fingerprint density at radius 3 is 2.38 bits per heavy atom. The van der Waals surface area contributed by atoms with Gasteiger partial charge in [0.1, 0.15) is 0 Å². The van der Waals surface area contributed by atoms with Gasteiger partial charge < -0.3 is 11.1 Å². The zero-order valence-corrected chi connectivity index (χ0v) is 14.4. The maximum absolute atomic E-state index is 12.1. The summed E-state index contributed by atoms with van der Waals surface area (Å²) < 4.78 is 0. The Morgan fingerprint density at radius 1 is 1.14 bits per heavy atom. The standard InChI is InChI=1S/C17H32N2OS/c1-2-3-4-5-6-10-13-15(20)19-16(17(18)21)14-11-8-7-9-12-14/h14,16H,2-13H2,1H3,(H2,18,21)(H,19,20). The van der Waals surface area contributed by atoms with Crippen molar-refractivity contribution in [1.29, 1.82) is 0 Å². The van der Waals surface area contributed by atoms with Crippen molar-refractivity contribution < 1.29 is 4.79 Å². The van der Waals surface area contributed by atoms with Crippen LogP contribution < -0.4 is 11.1 Å². The normalized spacial score (nSPS) is 17.4. The predicted molar refractivity (Wildman–Crippen MR) is 93.3 cm³/mol. The predicted octanol–water partition coefficient (Wildman–Crippen LogP) is 4.09. The smallest absolute Gasteiger partial charge is 0.220 e. The molecule has 1 aliphatic carbocycles. The van der Waals surface area contributed by atoms with Crippen molar-refractivity contribution >= 4 is 23.1 Å². The van der Waals surface area contributed by atoms with Crippen LogP contribution in [0.2, 0.25) is 0 Å². The van der Waals surface area contributed by atoms with Crippen LogP contribution in [0.5, 0.6) is 0 Å². The second-order valence-electron chi connectivity index (χ2n) is 6.36. The van der Waals surface area contributed by atoms with Crippen molar-refractivity contribution in [3.05, 3.63) is 0 Å². The van der Waals surface area contributed by atoms with Crippen LogP contribution in [0.1, 0.15) is 84.0 Å². The molecule has 0 spiro atoms. The number of amides is 1. The maximum Gasteiger partial charge on any atom is 0.220 e. The first kappa shape index (κ1) is 18.4. The third kappa shape index (κ3) is 7.79. The molecule has 0 bridgehead atoms. The minimum Gasteiger partial charge on any atom is -0.392 e. The molecule has 21 heavy (non-hydrogen) atoms. The molecule has 3 N–H and O–H groups in total. The van der Waals surface area contributed by atoms with E-state index in [0.29, 0.717) is 17.3 Å². The van der Waals surface area contributed by atoms with Gasteiger partial charge in [-0.3, -0.25) is 4.79 Å². The van der Waals surface area contributed by atoms with Crippen LogP contribution in [0.4, 0.5) is 0 Å². The summed E-state index contributed by atoms with van der Waals surface area (Å²) in [7, 11) is 0. The molecular formula is C17H32N2OS. The highest BCUT2D eigenvalue weighted by Crippen LogP contribution is 2.26. The van der Waals surface area contributed by atoms with E-state index in [0.717, 1.165) is 25.7 Å². The highest BCUT2D eigenvalue weighted by Gasteiger charge is 2.26. The largest absolute Gasteiger partial charge is 0.392 e. The summed E-state index contributed by atoms with van der Waals surface area (Å²) in [4.78, 5) is 12.5. The van der Waals surface area contributed by atoms with Gasteiger partial charge in [-0.1, -0.05) is 70.5 Å². The molecule has 1 amide bonds. The summed E-state index contributed by atoms with van der Waals surface area (Å²) in [5, 5.41) is 3.08. The van der Waals surface area contributed by atoms with Gasteiger partial charge in [0.2, 0.25) is 5.91 Å². The monoisotopic (exact) mass is 312 g/mol. The number of rotatable bonds is 10. The molecule has 1 atom stereocenters. The van der Waals surface area contributed by atoms with Crippen LogP contribution in [-0.2, 0) is 4.79 Å². The number of hydrogen-bond acceptors (Lipinski definition) is 2. The maximum atomic E-state index is 12.1. The van der Waals surface area contributed by atoms with Gasteiger partial charge in [0.05, 0.1) is 11.0 Å². The lowest BCUT2D eigenvalue weighted by molar-refractivity contribution is -0.121. The molecule has 0 aromatic carbocycles. The molecule has 1 rings (SSSR count). The minimum absolute atomic E-state index is 0.0899. The Labute approximate surface area is 135 Å². The Balaban J connectivity index is 2.24. The SMILES string of the molecule is CCCCCCCCC(=O)NC(C(N)=S)C1CCCCC1. The van der Waals surface area contributed by atoms with Gasteiger partial charge in [-0.15, -0.1) is 0 Å². The van der Waals surface area contributed by atoms with Crippen molar-refractivity contribution in [2.45, 2.75) is 90.0 Å². The second-order valence-corrected chi connectivity index (χ2v) is 6.83. The average Bonchev–Trinajstić information content (AvgIpc) is 2.49. The molecule has 3 nitrogen and oxygen atoms in total. The molecular weight excluding hydrogens is 280 g/mol. The van der Waals surface area contributed by atoms with Crippen LogP contribution >= 0.6 is 12.2 Å². The molecule has 0 heterocycles. The highest BCUT2D eigenvalue weighted by molar-refractivity contribution is 7.80. The van der Waals surface area contributed by atoms with Gasteiger partial charge in [0.15, 0.2) is 0 Å². The zero-order chi connectivity index (χ0) is 15.5. The molecule has 0 aromatic heterocycles. The van der Waals surface area contributed by atoms with E-state index in [-0.39, 0.29) is 11.9 Å². The summed E-state index contributed by atoms with van der Waals surface area (Å²) in [6.45, 7) is 2.22. The van der Waals surface area contributed by atoms with E-state index in [4.69, 9.17) is 18.0 Å². The molecule has 122 valence electrons. The molecule has 0 saturated heterocycles. The van der Waals surface area contributed by atoms with Crippen LogP contribution in [0.25, 0.3) is 0 Å². The van der Waals surface area contributed by atoms with Crippen LogP contribution in [-0.4, -0.2) is 16.9 Å². The van der Waals surface area contributed by atoms with E-state index in [1.165, 1.54) is 44.9 Å². The first-order valence-corrected chi connectivity index (χ1v) is 9.14. The molecule has 1 unspecified atom stereocenters. The van der Waals surface area contributed by atoms with E-state index < -0.39 is 0 Å². The Morgan fingerprint density at radius 2 is 1.76 bits per heavy atom. The molecule has 1 saturated carbocycles. The fourth-order valence-electron chi connectivity index (χ4n) is 3.20. The number of nitrogens with two attached hydrogens (primary N) is 1. The van der Waals surface area contributed by atoms with Crippen LogP contribution in [0, 0.1) is 5.92 Å². The van der Waals surface area contributed by atoms with Gasteiger partial charge in [-0.2, -0.15) is 0 Å². The van der Waals surface area contributed by atoms with E-state index in [1.807, 2.05) is 0 Å². The van der Waals surface area contributed by atoms with Crippen molar-refractivity contribution in [2.24, 2.45) is 11.7 Å². The topological polar surface area (TPSA) is 55.1 Å². The van der Waals surface area contributed by atoms with Gasteiger partial charge in [0, 0.05) is 6.42 Å². The Kier molecular flexibility index (Phi) is 9.64. The number of carbonyl (C=O) groups excluding carboxylic acids is 1. The quantitative estimate of drug-likeness (QED) is 0.472. The summed E-state index contributed by atoms with van der Waals surface area (Å²) in [5.41, 5.74) is 5.84. The van der Waals surface area contributed by atoms with E-state index in [2.05, 4.69) is 12.2 Å². The van der Waals surface area contributed by atoms with Gasteiger partial charge >= 0.3 is 0 Å². The lowest BCUT2D eigenvalue weighted by Gasteiger charge is -2.30. The molecule has 0 aliphatic heterocycles. The van der Waals surface area contributed by atoms with Crippen molar-refractivity contribution in [1.82, 2.24) is 5.32 Å². The van der Waals surface area contributed by atoms with Gasteiger partial charge in [-0.05, 0) is 25.2 Å². The molecule has 1 fully saturated rings. The van der Waals surface area contributed by atoms with Crippen molar-refractivity contribution in [3.63, 3.8) is 0 Å². The number of carbonyl (C=O) groups is 1. The summed E-state index contributed by atoms with van der Waals surface area (Å²) in [5.74, 6) is 0.568. The molecule has 4 heteroatoms. The first-order chi connectivity index (χ1) is 10.1. The number of thiocarbonyl (C=S) groups is 1. The lowest BCUT2D eigenvalue weighted by Crippen LogP contribution is -2.48. The molecule has 1 aliphatic rings. The van der Waals surface area contributed by atoms with E-state index in [9.17, 15) is 4.79 Å². The average molecular weight is 313 g/mol. The Hall–Kier alpha value is -0.640. The summed E-state index contributed by atoms with van der Waals surface area (Å²) in [6.07, 6.45) is 13.9. The Bertz CT molecular complexity index is 314. The third-order valence-electron chi connectivity index (χ3n) is 4.50. The second kappa shape index (κ2) is 11.0. The summed E-state index contributed by atoms with van der Waals surface area (Å²) in [6, 6.07) is -0.0899. The van der Waals surface area contributed by atoms with Crippen molar-refractivity contribution in [3.8, 4) is 0 Å². The minimum atomic E-state index is -0.0899. The van der Waals surface area contributed by atoms with Crippen molar-refractivity contribution in [2.75, 3.05) is 0 Å². The number of unbranched alkanes of at least 4 members (excludes halogenated alkanes) is 5. The zero-order valence-electron chi connectivity index (χ0n) is 13.5. The van der Waals surface area contributed by atoms with Gasteiger partial charge in [0.25, 0.3) is 0 Å². The highest BCUT2D eigenvalue weighted by atomic mass is 32.1. The number of nitrogens with one attached hydrogen (secondary N) is 1. The molecule has 0 radical (unpaired) electrons. The van der Waals surface area contributed by atoms with E-state index in [1.54, 1.807) is 0 Å². The fraction of sp³-hybridized carbons (Fsp3) is 0.882. The van der Waals surface area contributed by atoms with Crippen LogP contribution in [0.3, 0.4) is 0 Å². The van der Waals surface area contributed by atoms with Gasteiger partial charge in [-0.25, -0.2) is 0 Å². The first-order valence-electron chi connectivity index (χ1n) is 8.73. The molecule has 0 aromatic rings. The van der Waals surface area contributed by atoms with E-state index >= 15 is 0 Å². The van der Waals surface area contributed by atoms with Crippen LogP contribution in [0.15, 0.2) is 0 Å². The lowest BCUT2D eigenvalue weighted by atomic mass is 9.83.